The van der Waals surface area contributed by atoms with E-state index < -0.39 is 0 Å². The lowest BCUT2D eigenvalue weighted by Gasteiger charge is -2.21. The fourth-order valence-electron chi connectivity index (χ4n) is 3.83. The maximum absolute atomic E-state index is 13.0. The van der Waals surface area contributed by atoms with Crippen molar-refractivity contribution in [2.75, 3.05) is 0 Å². The van der Waals surface area contributed by atoms with Gasteiger partial charge >= 0.3 is 0 Å². The lowest BCUT2D eigenvalue weighted by atomic mass is 9.81. The highest BCUT2D eigenvalue weighted by atomic mass is 16.1. The standard InChI is InChI=1S/C26H40O3/c1-7-8-9-23(26(29)17-24(21(6)27)14-18(2)3)16-25(28)20(5)15-22-12-10-19(4)11-13-22/h10-13,18,20,23-24H,7-9,14-17H2,1-6H3/t20-,23-,24+/m0/s1. The molecular weight excluding hydrogens is 360 g/mol. The van der Waals surface area contributed by atoms with Gasteiger partial charge in [0.25, 0.3) is 0 Å². The molecule has 0 unspecified atom stereocenters. The number of benzene rings is 1. The number of ketones is 3. The highest BCUT2D eigenvalue weighted by Gasteiger charge is 2.28. The second-order valence-corrected chi connectivity index (χ2v) is 9.21. The van der Waals surface area contributed by atoms with Gasteiger partial charge in [-0.25, -0.2) is 0 Å². The first-order valence-corrected chi connectivity index (χ1v) is 11.2. The van der Waals surface area contributed by atoms with Crippen LogP contribution in [0.4, 0.5) is 0 Å². The van der Waals surface area contributed by atoms with Crippen LogP contribution >= 0.6 is 0 Å². The zero-order valence-electron chi connectivity index (χ0n) is 19.3. The minimum absolute atomic E-state index is 0.0837. The summed E-state index contributed by atoms with van der Waals surface area (Å²) in [5.41, 5.74) is 2.36. The van der Waals surface area contributed by atoms with Crippen LogP contribution in [0.25, 0.3) is 0 Å². The SMILES string of the molecule is CCCC[C@@H](CC(=O)[C@@H](C)Cc1ccc(C)cc1)C(=O)C[C@@H](CC(C)C)C(C)=O. The molecule has 3 atom stereocenters. The van der Waals surface area contributed by atoms with Gasteiger partial charge in [0, 0.05) is 30.6 Å². The molecule has 0 bridgehead atoms. The third kappa shape index (κ3) is 9.51. The number of rotatable bonds is 14. The van der Waals surface area contributed by atoms with Gasteiger partial charge in [-0.3, -0.25) is 14.4 Å². The van der Waals surface area contributed by atoms with Crippen molar-refractivity contribution in [3.05, 3.63) is 35.4 Å². The minimum Gasteiger partial charge on any atom is -0.300 e. The fourth-order valence-corrected chi connectivity index (χ4v) is 3.83. The molecule has 1 aromatic carbocycles. The second-order valence-electron chi connectivity index (χ2n) is 9.21. The van der Waals surface area contributed by atoms with Crippen molar-refractivity contribution in [1.82, 2.24) is 0 Å². The van der Waals surface area contributed by atoms with Crippen LogP contribution in [0.2, 0.25) is 0 Å². The highest BCUT2D eigenvalue weighted by Crippen LogP contribution is 2.25. The molecular formula is C26H40O3. The molecule has 0 aromatic heterocycles. The summed E-state index contributed by atoms with van der Waals surface area (Å²) in [4.78, 5) is 37.9. The number of hydrogen-bond acceptors (Lipinski definition) is 3. The molecule has 0 fully saturated rings. The van der Waals surface area contributed by atoms with Gasteiger partial charge in [-0.05, 0) is 44.6 Å². The Labute approximate surface area is 177 Å². The molecule has 0 heterocycles. The van der Waals surface area contributed by atoms with Crippen molar-refractivity contribution in [3.63, 3.8) is 0 Å². The molecule has 0 aliphatic heterocycles. The lowest BCUT2D eigenvalue weighted by Crippen LogP contribution is -2.26. The van der Waals surface area contributed by atoms with E-state index in [1.165, 1.54) is 5.56 Å². The van der Waals surface area contributed by atoms with Gasteiger partial charge < -0.3 is 0 Å². The van der Waals surface area contributed by atoms with E-state index in [0.29, 0.717) is 18.8 Å². The molecule has 0 amide bonds. The smallest absolute Gasteiger partial charge is 0.137 e. The van der Waals surface area contributed by atoms with Crippen LogP contribution in [-0.2, 0) is 20.8 Å². The molecule has 1 aromatic rings. The van der Waals surface area contributed by atoms with E-state index in [1.54, 1.807) is 6.92 Å². The van der Waals surface area contributed by atoms with Gasteiger partial charge in [0.05, 0.1) is 0 Å². The van der Waals surface area contributed by atoms with Gasteiger partial charge in [0.1, 0.15) is 17.3 Å². The summed E-state index contributed by atoms with van der Waals surface area (Å²) in [5.74, 6) is 0.137. The maximum atomic E-state index is 13.0. The molecule has 162 valence electrons. The van der Waals surface area contributed by atoms with Crippen LogP contribution in [0.1, 0.15) is 84.3 Å². The Balaban J connectivity index is 2.76. The minimum atomic E-state index is -0.253. The normalized spacial score (nSPS) is 14.4. The molecule has 0 aliphatic carbocycles. The monoisotopic (exact) mass is 400 g/mol. The molecule has 0 saturated carbocycles. The molecule has 0 aliphatic rings. The molecule has 0 saturated heterocycles. The molecule has 1 rings (SSSR count). The number of carbonyl (C=O) groups excluding carboxylic acids is 3. The molecule has 0 radical (unpaired) electrons. The van der Waals surface area contributed by atoms with Crippen LogP contribution < -0.4 is 0 Å². The van der Waals surface area contributed by atoms with Crippen LogP contribution in [0.15, 0.2) is 24.3 Å². The predicted molar refractivity (Wildman–Crippen MR) is 120 cm³/mol. The third-order valence-corrected chi connectivity index (χ3v) is 5.80. The van der Waals surface area contributed by atoms with E-state index in [1.807, 2.05) is 6.92 Å². The van der Waals surface area contributed by atoms with Crippen LogP contribution in [-0.4, -0.2) is 17.3 Å². The summed E-state index contributed by atoms with van der Waals surface area (Å²) < 4.78 is 0. The van der Waals surface area contributed by atoms with Crippen LogP contribution in [0, 0.1) is 30.6 Å². The number of unbranched alkanes of at least 4 members (excludes halogenated alkanes) is 1. The van der Waals surface area contributed by atoms with Crippen molar-refractivity contribution in [3.8, 4) is 0 Å². The van der Waals surface area contributed by atoms with Crippen molar-refractivity contribution < 1.29 is 14.4 Å². The van der Waals surface area contributed by atoms with E-state index >= 15 is 0 Å². The molecule has 0 N–H and O–H groups in total. The first kappa shape index (κ1) is 25.3. The van der Waals surface area contributed by atoms with E-state index in [0.717, 1.165) is 31.2 Å². The van der Waals surface area contributed by atoms with Gasteiger partial charge in [-0.1, -0.05) is 70.4 Å². The molecule has 29 heavy (non-hydrogen) atoms. The molecule has 0 spiro atoms. The Bertz CT molecular complexity index is 657. The Morgan fingerprint density at radius 1 is 0.897 bits per heavy atom. The van der Waals surface area contributed by atoms with Crippen molar-refractivity contribution >= 4 is 17.3 Å². The van der Waals surface area contributed by atoms with Gasteiger partial charge in [-0.2, -0.15) is 0 Å². The van der Waals surface area contributed by atoms with Crippen LogP contribution in [0.3, 0.4) is 0 Å². The summed E-state index contributed by atoms with van der Waals surface area (Å²) in [6.07, 6.45) is 4.70. The lowest BCUT2D eigenvalue weighted by molar-refractivity contribution is -0.132. The topological polar surface area (TPSA) is 51.2 Å². The molecule has 3 nitrogen and oxygen atoms in total. The Morgan fingerprint density at radius 2 is 1.48 bits per heavy atom. The fraction of sp³-hybridized carbons (Fsp3) is 0.654. The number of hydrogen-bond donors (Lipinski definition) is 0. The highest BCUT2D eigenvalue weighted by molar-refractivity contribution is 5.91. The summed E-state index contributed by atoms with van der Waals surface area (Å²) in [6.45, 7) is 11.8. The second kappa shape index (κ2) is 12.7. The van der Waals surface area contributed by atoms with Crippen molar-refractivity contribution in [2.24, 2.45) is 23.7 Å². The molecule has 3 heteroatoms. The third-order valence-electron chi connectivity index (χ3n) is 5.80. The first-order valence-electron chi connectivity index (χ1n) is 11.2. The Morgan fingerprint density at radius 3 is 2.00 bits per heavy atom. The number of aryl methyl sites for hydroxylation is 1. The summed E-state index contributed by atoms with van der Waals surface area (Å²) >= 11 is 0. The van der Waals surface area contributed by atoms with Crippen LogP contribution in [0.5, 0.6) is 0 Å². The Kier molecular flexibility index (Phi) is 11.1. The number of Topliss-reactive ketones (excluding diaryl/α,β-unsaturated/α-hetero) is 3. The summed E-state index contributed by atoms with van der Waals surface area (Å²) in [5, 5.41) is 0. The largest absolute Gasteiger partial charge is 0.300 e. The Hall–Kier alpha value is -1.77. The van der Waals surface area contributed by atoms with E-state index in [4.69, 9.17) is 0 Å². The van der Waals surface area contributed by atoms with Gasteiger partial charge in [0.15, 0.2) is 0 Å². The van der Waals surface area contributed by atoms with E-state index in [2.05, 4.69) is 52.0 Å². The first-order chi connectivity index (χ1) is 13.6. The van der Waals surface area contributed by atoms with Crippen molar-refractivity contribution in [2.45, 2.75) is 86.5 Å². The quantitative estimate of drug-likeness (QED) is 0.376. The summed E-state index contributed by atoms with van der Waals surface area (Å²) in [7, 11) is 0. The average Bonchev–Trinajstić information content (AvgIpc) is 2.65. The zero-order valence-corrected chi connectivity index (χ0v) is 19.3. The van der Waals surface area contributed by atoms with Crippen molar-refractivity contribution in [1.29, 1.82) is 0 Å². The average molecular weight is 401 g/mol. The van der Waals surface area contributed by atoms with E-state index in [-0.39, 0.29) is 41.5 Å². The number of carbonyl (C=O) groups is 3. The zero-order chi connectivity index (χ0) is 22.0. The van der Waals surface area contributed by atoms with E-state index in [9.17, 15) is 14.4 Å². The predicted octanol–water partition coefficient (Wildman–Crippen LogP) is 6.15. The van der Waals surface area contributed by atoms with Gasteiger partial charge in [0.2, 0.25) is 0 Å². The van der Waals surface area contributed by atoms with Gasteiger partial charge in [-0.15, -0.1) is 0 Å². The maximum Gasteiger partial charge on any atom is 0.137 e. The summed E-state index contributed by atoms with van der Waals surface area (Å²) in [6, 6.07) is 8.28.